The second-order valence-electron chi connectivity index (χ2n) is 7.51. The first-order valence-electron chi connectivity index (χ1n) is 9.57. The standard InChI is InChI=1S/C23H16ClFN4O2/c1-2-17-22(13-28)20(29)31-23(17,14-7-4-3-5-8-14)30-19(21(22,11-26)12-27)18-15(24)9-6-10-16(18)25/h3-10,17,19,29H,2H2,1H3. The molecule has 4 unspecified atom stereocenters. The van der Waals surface area contributed by atoms with E-state index in [-0.39, 0.29) is 17.0 Å². The summed E-state index contributed by atoms with van der Waals surface area (Å²) in [6.45, 7) is 1.76. The zero-order chi connectivity index (χ0) is 22.4. The van der Waals surface area contributed by atoms with Gasteiger partial charge in [-0.15, -0.1) is 0 Å². The van der Waals surface area contributed by atoms with E-state index in [0.29, 0.717) is 5.56 Å². The molecule has 2 aliphatic heterocycles. The maximum Gasteiger partial charge on any atom is 0.244 e. The van der Waals surface area contributed by atoms with Crippen LogP contribution in [0, 0.1) is 62.0 Å². The molecule has 2 aromatic rings. The van der Waals surface area contributed by atoms with Gasteiger partial charge in [0.15, 0.2) is 5.41 Å². The number of nitrogens with one attached hydrogen (secondary N) is 1. The number of hydrogen-bond acceptors (Lipinski definition) is 6. The molecule has 0 spiro atoms. The van der Waals surface area contributed by atoms with Crippen molar-refractivity contribution in [2.45, 2.75) is 25.2 Å². The summed E-state index contributed by atoms with van der Waals surface area (Å²) in [5, 5.41) is 39.4. The van der Waals surface area contributed by atoms with E-state index in [9.17, 15) is 20.2 Å². The van der Waals surface area contributed by atoms with Crippen LogP contribution in [0.25, 0.3) is 0 Å². The molecule has 4 atom stereocenters. The number of ether oxygens (including phenoxy) is 2. The molecule has 1 N–H and O–H groups in total. The molecule has 6 nitrogen and oxygen atoms in total. The van der Waals surface area contributed by atoms with Crippen LogP contribution in [-0.4, -0.2) is 5.90 Å². The van der Waals surface area contributed by atoms with Crippen molar-refractivity contribution in [2.75, 3.05) is 0 Å². The third kappa shape index (κ3) is 2.35. The minimum atomic E-state index is -2.28. The van der Waals surface area contributed by atoms with E-state index in [1.807, 2.05) is 18.2 Å². The molecule has 2 saturated heterocycles. The van der Waals surface area contributed by atoms with Crippen LogP contribution in [0.4, 0.5) is 4.39 Å². The zero-order valence-electron chi connectivity index (χ0n) is 16.4. The van der Waals surface area contributed by atoms with E-state index in [2.05, 4.69) is 0 Å². The average molecular weight is 435 g/mol. The Kier molecular flexibility index (Phi) is 4.74. The number of fused-ring (bicyclic) bond motifs is 2. The molecule has 0 saturated carbocycles. The SMILES string of the molecule is CCC1C2(c3ccccc3)OC(=N)C1(C#N)C(C#N)(C#N)C(c1c(F)cccc1Cl)O2. The van der Waals surface area contributed by atoms with Crippen molar-refractivity contribution in [1.29, 1.82) is 21.2 Å². The number of hydrogen-bond donors (Lipinski definition) is 1. The second kappa shape index (κ2) is 7.06. The Morgan fingerprint density at radius 1 is 1.06 bits per heavy atom. The van der Waals surface area contributed by atoms with Gasteiger partial charge in [-0.25, -0.2) is 4.39 Å². The molecule has 0 aromatic heterocycles. The maximum atomic E-state index is 15.0. The summed E-state index contributed by atoms with van der Waals surface area (Å²) < 4.78 is 27.2. The molecular formula is C23H16ClFN4O2. The van der Waals surface area contributed by atoms with Crippen molar-refractivity contribution in [3.05, 3.63) is 70.5 Å². The lowest BCUT2D eigenvalue weighted by Gasteiger charge is -2.49. The topological polar surface area (TPSA) is 114 Å². The van der Waals surface area contributed by atoms with Crippen LogP contribution < -0.4 is 0 Å². The summed E-state index contributed by atoms with van der Waals surface area (Å²) in [6.07, 6.45) is -1.32. The maximum absolute atomic E-state index is 15.0. The lowest BCUT2D eigenvalue weighted by molar-refractivity contribution is -0.293. The van der Waals surface area contributed by atoms with E-state index < -0.39 is 40.4 Å². The molecule has 8 heteroatoms. The van der Waals surface area contributed by atoms with Crippen LogP contribution in [-0.2, 0) is 15.3 Å². The first kappa shape index (κ1) is 20.8. The van der Waals surface area contributed by atoms with Gasteiger partial charge >= 0.3 is 0 Å². The van der Waals surface area contributed by atoms with Gasteiger partial charge in [0.25, 0.3) is 0 Å². The summed E-state index contributed by atoms with van der Waals surface area (Å²) in [4.78, 5) is 0. The molecule has 2 heterocycles. The number of benzene rings is 2. The zero-order valence-corrected chi connectivity index (χ0v) is 17.2. The van der Waals surface area contributed by atoms with E-state index in [1.54, 1.807) is 37.3 Å². The summed E-state index contributed by atoms with van der Waals surface area (Å²) >= 11 is 6.29. The lowest BCUT2D eigenvalue weighted by atomic mass is 9.52. The van der Waals surface area contributed by atoms with Gasteiger partial charge in [-0.3, -0.25) is 5.41 Å². The van der Waals surface area contributed by atoms with Crippen LogP contribution in [0.15, 0.2) is 48.5 Å². The molecular weight excluding hydrogens is 419 g/mol. The van der Waals surface area contributed by atoms with Gasteiger partial charge in [0.05, 0.1) is 24.1 Å². The van der Waals surface area contributed by atoms with Gasteiger partial charge < -0.3 is 9.47 Å². The van der Waals surface area contributed by atoms with Crippen LogP contribution in [0.5, 0.6) is 0 Å². The number of nitriles is 3. The Bertz CT molecular complexity index is 1160. The van der Waals surface area contributed by atoms with Gasteiger partial charge in [-0.2, -0.15) is 15.8 Å². The minimum absolute atomic E-state index is 0.0583. The summed E-state index contributed by atoms with van der Waals surface area (Å²) in [6, 6.07) is 18.4. The summed E-state index contributed by atoms with van der Waals surface area (Å²) in [5.74, 6) is -3.88. The quantitative estimate of drug-likeness (QED) is 0.731. The first-order valence-corrected chi connectivity index (χ1v) is 9.95. The third-order valence-electron chi connectivity index (χ3n) is 6.28. The van der Waals surface area contributed by atoms with Crippen molar-refractivity contribution < 1.29 is 13.9 Å². The Hall–Kier alpha value is -3.44. The molecule has 2 fully saturated rings. The Morgan fingerprint density at radius 3 is 2.29 bits per heavy atom. The first-order chi connectivity index (χ1) is 14.9. The second-order valence-corrected chi connectivity index (χ2v) is 7.92. The summed E-state index contributed by atoms with van der Waals surface area (Å²) in [7, 11) is 0. The monoisotopic (exact) mass is 434 g/mol. The lowest BCUT2D eigenvalue weighted by Crippen LogP contribution is -2.58. The largest absolute Gasteiger partial charge is 0.443 e. The van der Waals surface area contributed by atoms with Gasteiger partial charge in [-0.05, 0) is 18.6 Å². The van der Waals surface area contributed by atoms with Crippen molar-refractivity contribution in [3.8, 4) is 18.2 Å². The number of halogens is 2. The molecule has 0 radical (unpaired) electrons. The number of nitrogens with zero attached hydrogens (tertiary/aromatic N) is 3. The molecule has 0 aliphatic carbocycles. The van der Waals surface area contributed by atoms with Crippen molar-refractivity contribution in [3.63, 3.8) is 0 Å². The molecule has 0 amide bonds. The fourth-order valence-corrected chi connectivity index (χ4v) is 5.18. The van der Waals surface area contributed by atoms with E-state index >= 15 is 0 Å². The van der Waals surface area contributed by atoms with Crippen molar-refractivity contribution in [1.82, 2.24) is 0 Å². The number of rotatable bonds is 3. The molecule has 31 heavy (non-hydrogen) atoms. The predicted molar refractivity (Wildman–Crippen MR) is 108 cm³/mol. The van der Waals surface area contributed by atoms with Gasteiger partial charge in [0, 0.05) is 16.1 Å². The Morgan fingerprint density at radius 2 is 1.74 bits per heavy atom. The highest BCUT2D eigenvalue weighted by Gasteiger charge is 2.80. The smallest absolute Gasteiger partial charge is 0.244 e. The molecule has 154 valence electrons. The highest BCUT2D eigenvalue weighted by Crippen LogP contribution is 2.70. The molecule has 2 bridgehead atoms. The highest BCUT2D eigenvalue weighted by atomic mass is 35.5. The van der Waals surface area contributed by atoms with Crippen LogP contribution in [0.3, 0.4) is 0 Å². The van der Waals surface area contributed by atoms with Crippen LogP contribution in [0.2, 0.25) is 5.02 Å². The van der Waals surface area contributed by atoms with E-state index in [4.69, 9.17) is 26.5 Å². The average Bonchev–Trinajstić information content (AvgIpc) is 2.99. The Balaban J connectivity index is 2.12. The normalized spacial score (nSPS) is 30.5. The predicted octanol–water partition coefficient (Wildman–Crippen LogP) is 4.98. The van der Waals surface area contributed by atoms with Crippen molar-refractivity contribution >= 4 is 17.5 Å². The van der Waals surface area contributed by atoms with Crippen LogP contribution in [0.1, 0.15) is 30.6 Å². The fourth-order valence-electron chi connectivity index (χ4n) is 4.92. The van der Waals surface area contributed by atoms with E-state index in [0.717, 1.165) is 6.07 Å². The molecule has 2 aromatic carbocycles. The van der Waals surface area contributed by atoms with E-state index in [1.165, 1.54) is 12.1 Å². The van der Waals surface area contributed by atoms with Gasteiger partial charge in [0.2, 0.25) is 17.1 Å². The minimum Gasteiger partial charge on any atom is -0.443 e. The van der Waals surface area contributed by atoms with Crippen LogP contribution >= 0.6 is 11.6 Å². The third-order valence-corrected chi connectivity index (χ3v) is 6.61. The molecule has 2 aliphatic rings. The Labute approximate surface area is 183 Å². The highest BCUT2D eigenvalue weighted by molar-refractivity contribution is 6.31. The fraction of sp³-hybridized carbons (Fsp3) is 0.304. The molecule has 4 rings (SSSR count). The van der Waals surface area contributed by atoms with Gasteiger partial charge in [0.1, 0.15) is 11.9 Å². The summed E-state index contributed by atoms with van der Waals surface area (Å²) in [5.41, 5.74) is -4.01. The van der Waals surface area contributed by atoms with Crippen molar-refractivity contribution in [2.24, 2.45) is 16.7 Å². The van der Waals surface area contributed by atoms with Gasteiger partial charge in [-0.1, -0.05) is 54.9 Å².